The molecule has 9 heteroatoms. The van der Waals surface area contributed by atoms with E-state index in [1.54, 1.807) is 36.4 Å². The number of urea groups is 1. The molecule has 1 heterocycles. The molecule has 1 saturated heterocycles. The van der Waals surface area contributed by atoms with E-state index < -0.39 is 17.8 Å². The number of ether oxygens (including phenoxy) is 3. The van der Waals surface area contributed by atoms with E-state index in [-0.39, 0.29) is 5.57 Å². The van der Waals surface area contributed by atoms with Crippen molar-refractivity contribution in [2.45, 2.75) is 13.3 Å². The lowest BCUT2D eigenvalue weighted by molar-refractivity contribution is -0.122. The van der Waals surface area contributed by atoms with Gasteiger partial charge in [0.15, 0.2) is 11.5 Å². The maximum absolute atomic E-state index is 13.1. The third-order valence-corrected chi connectivity index (χ3v) is 5.16. The second-order valence-corrected chi connectivity index (χ2v) is 7.38. The fourth-order valence-corrected chi connectivity index (χ4v) is 3.36. The number of hydrogen-bond acceptors (Lipinski definition) is 6. The Hall–Kier alpha value is -3.33. The van der Waals surface area contributed by atoms with Gasteiger partial charge >= 0.3 is 6.03 Å². The van der Waals surface area contributed by atoms with Gasteiger partial charge in [-0.2, -0.15) is 0 Å². The number of amides is 4. The number of imide groups is 2. The highest BCUT2D eigenvalue weighted by molar-refractivity contribution is 9.10. The number of carbonyl (C=O) groups is 3. The van der Waals surface area contributed by atoms with E-state index in [0.717, 1.165) is 11.3 Å². The smallest absolute Gasteiger partial charge is 0.335 e. The zero-order valence-corrected chi connectivity index (χ0v) is 18.8. The molecule has 31 heavy (non-hydrogen) atoms. The third-order valence-electron chi connectivity index (χ3n) is 4.48. The molecule has 0 radical (unpaired) electrons. The molecule has 0 aromatic heterocycles. The Morgan fingerprint density at radius 3 is 2.35 bits per heavy atom. The standard InChI is InChI=1S/C22H21BrN2O6/c1-4-9-31-19-12-17(23)13(11-18(19)30-3)10-16-20(26)24-22(28)25(21(16)27)14-5-7-15(29-2)8-6-14/h5-8,10-12H,4,9H2,1-3H3,(H,24,26,28). The largest absolute Gasteiger partial charge is 0.497 e. The molecule has 162 valence electrons. The summed E-state index contributed by atoms with van der Waals surface area (Å²) >= 11 is 3.44. The van der Waals surface area contributed by atoms with Crippen molar-refractivity contribution in [1.29, 1.82) is 0 Å². The minimum absolute atomic E-state index is 0.194. The van der Waals surface area contributed by atoms with Gasteiger partial charge in [-0.3, -0.25) is 14.9 Å². The highest BCUT2D eigenvalue weighted by Gasteiger charge is 2.37. The number of methoxy groups -OCH3 is 2. The zero-order chi connectivity index (χ0) is 22.5. The van der Waals surface area contributed by atoms with Crippen LogP contribution in [-0.4, -0.2) is 38.7 Å². The molecule has 0 unspecified atom stereocenters. The topological polar surface area (TPSA) is 94.2 Å². The van der Waals surface area contributed by atoms with Crippen LogP contribution in [0.15, 0.2) is 46.4 Å². The Labute approximate surface area is 187 Å². The van der Waals surface area contributed by atoms with Crippen molar-refractivity contribution in [3.8, 4) is 17.2 Å². The number of hydrogen-bond donors (Lipinski definition) is 1. The summed E-state index contributed by atoms with van der Waals surface area (Å²) in [7, 11) is 3.01. The average molecular weight is 489 g/mol. The lowest BCUT2D eigenvalue weighted by Crippen LogP contribution is -2.54. The van der Waals surface area contributed by atoms with Crippen LogP contribution in [0.2, 0.25) is 0 Å². The molecule has 1 fully saturated rings. The number of nitrogens with one attached hydrogen (secondary N) is 1. The summed E-state index contributed by atoms with van der Waals surface area (Å²) in [5.41, 5.74) is 0.630. The van der Waals surface area contributed by atoms with Crippen LogP contribution in [0, 0.1) is 0 Å². The fraction of sp³-hybridized carbons (Fsp3) is 0.227. The minimum Gasteiger partial charge on any atom is -0.497 e. The van der Waals surface area contributed by atoms with Crippen molar-refractivity contribution in [2.24, 2.45) is 0 Å². The van der Waals surface area contributed by atoms with E-state index in [2.05, 4.69) is 21.2 Å². The average Bonchev–Trinajstić information content (AvgIpc) is 2.76. The van der Waals surface area contributed by atoms with Crippen LogP contribution in [0.3, 0.4) is 0 Å². The van der Waals surface area contributed by atoms with Crippen molar-refractivity contribution in [1.82, 2.24) is 5.32 Å². The monoisotopic (exact) mass is 488 g/mol. The number of carbonyl (C=O) groups excluding carboxylic acids is 3. The van der Waals surface area contributed by atoms with Crippen LogP contribution in [0.5, 0.6) is 17.2 Å². The van der Waals surface area contributed by atoms with E-state index in [0.29, 0.717) is 39.6 Å². The Morgan fingerprint density at radius 2 is 1.74 bits per heavy atom. The van der Waals surface area contributed by atoms with Gasteiger partial charge in [-0.1, -0.05) is 22.9 Å². The molecule has 0 saturated carbocycles. The number of rotatable bonds is 7. The lowest BCUT2D eigenvalue weighted by Gasteiger charge is -2.26. The second-order valence-electron chi connectivity index (χ2n) is 6.53. The molecule has 2 aromatic carbocycles. The maximum atomic E-state index is 13.1. The highest BCUT2D eigenvalue weighted by atomic mass is 79.9. The molecule has 0 atom stereocenters. The summed E-state index contributed by atoms with van der Waals surface area (Å²) in [5.74, 6) is 0.0398. The van der Waals surface area contributed by atoms with Crippen LogP contribution in [0.25, 0.3) is 6.08 Å². The predicted molar refractivity (Wildman–Crippen MR) is 118 cm³/mol. The van der Waals surface area contributed by atoms with Crippen molar-refractivity contribution >= 4 is 45.5 Å². The Bertz CT molecular complexity index is 1050. The SMILES string of the molecule is CCCOc1cc(Br)c(C=C2C(=O)NC(=O)N(c3ccc(OC)cc3)C2=O)cc1OC. The normalized spacial score (nSPS) is 15.2. The Morgan fingerprint density at radius 1 is 1.03 bits per heavy atom. The molecule has 1 aliphatic heterocycles. The van der Waals surface area contributed by atoms with Gasteiger partial charge in [0, 0.05) is 4.47 Å². The number of benzene rings is 2. The first-order valence-electron chi connectivity index (χ1n) is 9.45. The van der Waals surface area contributed by atoms with Gasteiger partial charge in [-0.25, -0.2) is 9.69 Å². The van der Waals surface area contributed by atoms with Gasteiger partial charge in [0.2, 0.25) is 0 Å². The fourth-order valence-electron chi connectivity index (χ4n) is 2.92. The maximum Gasteiger partial charge on any atom is 0.335 e. The number of barbiturate groups is 1. The van der Waals surface area contributed by atoms with E-state index in [4.69, 9.17) is 14.2 Å². The van der Waals surface area contributed by atoms with E-state index in [1.165, 1.54) is 20.3 Å². The second kappa shape index (κ2) is 9.65. The van der Waals surface area contributed by atoms with Gasteiger partial charge in [-0.05, 0) is 54.5 Å². The number of halogens is 1. The van der Waals surface area contributed by atoms with Crippen molar-refractivity contribution in [3.05, 3.63) is 52.0 Å². The van der Waals surface area contributed by atoms with Crippen molar-refractivity contribution in [2.75, 3.05) is 25.7 Å². The molecular weight excluding hydrogens is 468 g/mol. The molecule has 2 aromatic rings. The molecule has 4 amide bonds. The van der Waals surface area contributed by atoms with E-state index in [1.807, 2.05) is 6.92 Å². The quantitative estimate of drug-likeness (QED) is 0.468. The van der Waals surface area contributed by atoms with Crippen LogP contribution < -0.4 is 24.4 Å². The molecule has 0 spiro atoms. The highest BCUT2D eigenvalue weighted by Crippen LogP contribution is 2.35. The van der Waals surface area contributed by atoms with Crippen molar-refractivity contribution in [3.63, 3.8) is 0 Å². The Balaban J connectivity index is 1.99. The molecule has 0 bridgehead atoms. The van der Waals surface area contributed by atoms with Gasteiger partial charge in [0.1, 0.15) is 11.3 Å². The van der Waals surface area contributed by atoms with Gasteiger partial charge in [0.25, 0.3) is 11.8 Å². The molecule has 0 aliphatic carbocycles. The number of nitrogens with zero attached hydrogens (tertiary/aromatic N) is 1. The van der Waals surface area contributed by atoms with Crippen LogP contribution in [0.4, 0.5) is 10.5 Å². The van der Waals surface area contributed by atoms with Gasteiger partial charge in [-0.15, -0.1) is 0 Å². The zero-order valence-electron chi connectivity index (χ0n) is 17.2. The lowest BCUT2D eigenvalue weighted by atomic mass is 10.1. The minimum atomic E-state index is -0.822. The van der Waals surface area contributed by atoms with Crippen LogP contribution in [-0.2, 0) is 9.59 Å². The van der Waals surface area contributed by atoms with Gasteiger partial charge in [0.05, 0.1) is 26.5 Å². The summed E-state index contributed by atoms with van der Waals surface area (Å²) < 4.78 is 16.7. The first kappa shape index (κ1) is 22.4. The first-order chi connectivity index (χ1) is 14.9. The van der Waals surface area contributed by atoms with E-state index >= 15 is 0 Å². The molecule has 3 rings (SSSR count). The summed E-state index contributed by atoms with van der Waals surface area (Å²) in [6.45, 7) is 2.51. The van der Waals surface area contributed by atoms with Gasteiger partial charge < -0.3 is 14.2 Å². The van der Waals surface area contributed by atoms with Crippen molar-refractivity contribution < 1.29 is 28.6 Å². The Kier molecular flexibility index (Phi) is 6.96. The number of anilines is 1. The summed E-state index contributed by atoms with van der Waals surface area (Å²) in [5, 5.41) is 2.20. The van der Waals surface area contributed by atoms with E-state index in [9.17, 15) is 14.4 Å². The molecule has 1 aliphatic rings. The summed E-state index contributed by atoms with van der Waals surface area (Å²) in [4.78, 5) is 38.7. The third kappa shape index (κ3) is 4.72. The predicted octanol–water partition coefficient (Wildman–Crippen LogP) is 3.92. The summed E-state index contributed by atoms with van der Waals surface area (Å²) in [6, 6.07) is 8.89. The molecule has 1 N–H and O–H groups in total. The first-order valence-corrected chi connectivity index (χ1v) is 10.2. The molecule has 8 nitrogen and oxygen atoms in total. The molecular formula is C22H21BrN2O6. The van der Waals surface area contributed by atoms with Crippen LogP contribution in [0.1, 0.15) is 18.9 Å². The summed E-state index contributed by atoms with van der Waals surface area (Å²) in [6.07, 6.45) is 2.23. The van der Waals surface area contributed by atoms with Crippen LogP contribution >= 0.6 is 15.9 Å².